The summed E-state index contributed by atoms with van der Waals surface area (Å²) in [5.74, 6) is 0.162. The first-order valence-corrected chi connectivity index (χ1v) is 14.4. The van der Waals surface area contributed by atoms with Crippen molar-refractivity contribution in [2.45, 2.75) is 43.1 Å². The molecular formula is C30H34N2O6S. The van der Waals surface area contributed by atoms with Gasteiger partial charge in [-0.2, -0.15) is 0 Å². The Balaban J connectivity index is 1.55. The molecular weight excluding hydrogens is 516 g/mol. The molecule has 3 aromatic rings. The predicted molar refractivity (Wildman–Crippen MR) is 149 cm³/mol. The van der Waals surface area contributed by atoms with E-state index in [1.54, 1.807) is 61.5 Å². The molecule has 0 aromatic heterocycles. The van der Waals surface area contributed by atoms with Crippen LogP contribution in [0, 0.1) is 13.8 Å². The molecule has 2 atom stereocenters. The van der Waals surface area contributed by atoms with Crippen LogP contribution in [-0.2, 0) is 20.4 Å². The minimum atomic E-state index is -3.67. The standard InChI is InChI=1S/C30H34N2O6S/c1-20-13-14-21(2)25(15-20)29(33)32-18-24(17-26(32)30(34)31(3)4)38-23-10-8-9-22(16-23)19-39(35,36)28-12-7-6-11-27(28)37-5/h6-16,24,26H,17-19H2,1-5H3/t24-,26-/m0/s1. The number of aryl methyl sites for hydroxylation is 2. The third-order valence-electron chi connectivity index (χ3n) is 6.83. The number of carbonyl (C=O) groups is 2. The van der Waals surface area contributed by atoms with Gasteiger partial charge in [-0.05, 0) is 55.3 Å². The quantitative estimate of drug-likeness (QED) is 0.420. The number of nitrogens with zero attached hydrogens (tertiary/aromatic N) is 2. The third kappa shape index (κ3) is 6.25. The topological polar surface area (TPSA) is 93.2 Å². The first-order chi connectivity index (χ1) is 18.5. The number of likely N-dealkylation sites (N-methyl/N-ethyl adjacent to an activating group) is 1. The van der Waals surface area contributed by atoms with Crippen molar-refractivity contribution in [1.29, 1.82) is 0 Å². The van der Waals surface area contributed by atoms with Gasteiger partial charge in [0.25, 0.3) is 5.91 Å². The van der Waals surface area contributed by atoms with Gasteiger partial charge in [0.05, 0.1) is 19.4 Å². The zero-order valence-corrected chi connectivity index (χ0v) is 23.7. The highest BCUT2D eigenvalue weighted by Gasteiger charge is 2.42. The van der Waals surface area contributed by atoms with Gasteiger partial charge in [0.1, 0.15) is 28.5 Å². The lowest BCUT2D eigenvalue weighted by Gasteiger charge is -2.26. The van der Waals surface area contributed by atoms with Crippen molar-refractivity contribution in [2.75, 3.05) is 27.7 Å². The summed E-state index contributed by atoms with van der Waals surface area (Å²) < 4.78 is 37.7. The Morgan fingerprint density at radius 3 is 2.46 bits per heavy atom. The first kappa shape index (κ1) is 28.2. The van der Waals surface area contributed by atoms with Crippen molar-refractivity contribution in [3.05, 3.63) is 89.0 Å². The maximum atomic E-state index is 13.6. The molecule has 0 saturated carbocycles. The van der Waals surface area contributed by atoms with Crippen molar-refractivity contribution in [1.82, 2.24) is 9.80 Å². The fraction of sp³-hybridized carbons (Fsp3) is 0.333. The van der Waals surface area contributed by atoms with Crippen LogP contribution < -0.4 is 9.47 Å². The monoisotopic (exact) mass is 550 g/mol. The Hall–Kier alpha value is -3.85. The molecule has 206 valence electrons. The number of hydrogen-bond acceptors (Lipinski definition) is 6. The van der Waals surface area contributed by atoms with Gasteiger partial charge in [0.2, 0.25) is 5.91 Å². The van der Waals surface area contributed by atoms with Gasteiger partial charge in [-0.1, -0.05) is 42.0 Å². The zero-order chi connectivity index (χ0) is 28.3. The molecule has 8 nitrogen and oxygen atoms in total. The maximum Gasteiger partial charge on any atom is 0.254 e. The molecule has 0 N–H and O–H groups in total. The van der Waals surface area contributed by atoms with Crippen LogP contribution in [0.2, 0.25) is 0 Å². The van der Waals surface area contributed by atoms with Gasteiger partial charge in [-0.25, -0.2) is 8.42 Å². The van der Waals surface area contributed by atoms with Crippen molar-refractivity contribution in [3.8, 4) is 11.5 Å². The lowest BCUT2D eigenvalue weighted by atomic mass is 10.0. The number of hydrogen-bond donors (Lipinski definition) is 0. The van der Waals surface area contributed by atoms with Crippen LogP contribution >= 0.6 is 0 Å². The number of rotatable bonds is 8. The molecule has 9 heteroatoms. The van der Waals surface area contributed by atoms with Crippen LogP contribution in [0.25, 0.3) is 0 Å². The molecule has 39 heavy (non-hydrogen) atoms. The summed E-state index contributed by atoms with van der Waals surface area (Å²) in [5, 5.41) is 0. The van der Waals surface area contributed by atoms with E-state index in [1.807, 2.05) is 32.0 Å². The molecule has 0 bridgehead atoms. The van der Waals surface area contributed by atoms with Gasteiger partial charge >= 0.3 is 0 Å². The summed E-state index contributed by atoms with van der Waals surface area (Å²) in [6.07, 6.45) is -0.105. The minimum Gasteiger partial charge on any atom is -0.495 e. The highest BCUT2D eigenvalue weighted by atomic mass is 32.2. The molecule has 2 amide bonds. The van der Waals surface area contributed by atoms with E-state index in [0.29, 0.717) is 29.0 Å². The highest BCUT2D eigenvalue weighted by Crippen LogP contribution is 2.30. The van der Waals surface area contributed by atoms with Crippen LogP contribution in [0.1, 0.15) is 33.5 Å². The molecule has 0 unspecified atom stereocenters. The van der Waals surface area contributed by atoms with Crippen LogP contribution in [0.3, 0.4) is 0 Å². The van der Waals surface area contributed by atoms with E-state index in [4.69, 9.17) is 9.47 Å². The molecule has 1 heterocycles. The Morgan fingerprint density at radius 1 is 1.00 bits per heavy atom. The van der Waals surface area contributed by atoms with E-state index in [2.05, 4.69) is 0 Å². The average Bonchev–Trinajstić information content (AvgIpc) is 3.32. The molecule has 1 saturated heterocycles. The lowest BCUT2D eigenvalue weighted by molar-refractivity contribution is -0.132. The number of para-hydroxylation sites is 1. The maximum absolute atomic E-state index is 13.6. The Labute approximate surface area is 230 Å². The summed E-state index contributed by atoms with van der Waals surface area (Å²) in [5.41, 5.74) is 2.93. The SMILES string of the molecule is COc1ccccc1S(=O)(=O)Cc1cccc(O[C@H]2C[C@@H](C(=O)N(C)C)N(C(=O)c3cc(C)ccc3C)C2)c1. The average molecular weight is 551 g/mol. The Bertz CT molecular complexity index is 1480. The van der Waals surface area contributed by atoms with Crippen LogP contribution in [0.5, 0.6) is 11.5 Å². The number of carbonyl (C=O) groups excluding carboxylic acids is 2. The normalized spacial score (nSPS) is 17.1. The van der Waals surface area contributed by atoms with Gasteiger partial charge in [-0.15, -0.1) is 0 Å². The van der Waals surface area contributed by atoms with Crippen molar-refractivity contribution < 1.29 is 27.5 Å². The predicted octanol–water partition coefficient (Wildman–Crippen LogP) is 4.04. The van der Waals surface area contributed by atoms with E-state index in [0.717, 1.165) is 11.1 Å². The van der Waals surface area contributed by atoms with Gasteiger partial charge in [0, 0.05) is 26.1 Å². The molecule has 1 aliphatic heterocycles. The summed E-state index contributed by atoms with van der Waals surface area (Å²) in [6.45, 7) is 4.04. The molecule has 0 aliphatic carbocycles. The highest BCUT2D eigenvalue weighted by molar-refractivity contribution is 7.90. The summed E-state index contributed by atoms with van der Waals surface area (Å²) in [4.78, 5) is 29.8. The van der Waals surface area contributed by atoms with Crippen molar-refractivity contribution in [2.24, 2.45) is 0 Å². The second kappa shape index (κ2) is 11.5. The fourth-order valence-electron chi connectivity index (χ4n) is 4.83. The first-order valence-electron chi connectivity index (χ1n) is 12.7. The molecule has 0 spiro atoms. The second-order valence-electron chi connectivity index (χ2n) is 10.1. The number of benzene rings is 3. The molecule has 0 radical (unpaired) electrons. The van der Waals surface area contributed by atoms with Gasteiger partial charge in [-0.3, -0.25) is 9.59 Å². The van der Waals surface area contributed by atoms with Crippen LogP contribution in [0.15, 0.2) is 71.6 Å². The number of sulfone groups is 1. The summed E-state index contributed by atoms with van der Waals surface area (Å²) in [6, 6.07) is 18.4. The molecule has 1 aliphatic rings. The van der Waals surface area contributed by atoms with E-state index >= 15 is 0 Å². The number of methoxy groups -OCH3 is 1. The lowest BCUT2D eigenvalue weighted by Crippen LogP contribution is -2.45. The molecule has 1 fully saturated rings. The van der Waals surface area contributed by atoms with E-state index in [9.17, 15) is 18.0 Å². The third-order valence-corrected chi connectivity index (χ3v) is 8.56. The number of ether oxygens (including phenoxy) is 2. The van der Waals surface area contributed by atoms with Crippen molar-refractivity contribution >= 4 is 21.7 Å². The smallest absolute Gasteiger partial charge is 0.254 e. The van der Waals surface area contributed by atoms with Crippen LogP contribution in [0.4, 0.5) is 0 Å². The van der Waals surface area contributed by atoms with Crippen molar-refractivity contribution in [3.63, 3.8) is 0 Å². The Kier molecular flexibility index (Phi) is 8.30. The second-order valence-corrected chi connectivity index (χ2v) is 12.0. The largest absolute Gasteiger partial charge is 0.495 e. The van der Waals surface area contributed by atoms with E-state index in [1.165, 1.54) is 18.1 Å². The fourth-order valence-corrected chi connectivity index (χ4v) is 6.35. The van der Waals surface area contributed by atoms with Crippen LogP contribution in [-0.4, -0.2) is 69.9 Å². The van der Waals surface area contributed by atoms with E-state index in [-0.39, 0.29) is 29.0 Å². The van der Waals surface area contributed by atoms with E-state index < -0.39 is 22.0 Å². The molecule has 3 aromatic carbocycles. The number of amides is 2. The number of likely N-dealkylation sites (tertiary alicyclic amines) is 1. The van der Waals surface area contributed by atoms with Gasteiger partial charge in [0.15, 0.2) is 9.84 Å². The summed E-state index contributed by atoms with van der Waals surface area (Å²) in [7, 11) is 1.10. The summed E-state index contributed by atoms with van der Waals surface area (Å²) >= 11 is 0. The van der Waals surface area contributed by atoms with Gasteiger partial charge < -0.3 is 19.3 Å². The molecule has 4 rings (SSSR count). The minimum absolute atomic E-state index is 0.125. The Morgan fingerprint density at radius 2 is 1.74 bits per heavy atom. The zero-order valence-electron chi connectivity index (χ0n) is 22.9.